The van der Waals surface area contributed by atoms with Gasteiger partial charge in [0.1, 0.15) is 0 Å². The molecule has 0 radical (unpaired) electrons. The molecule has 2 heteroatoms. The van der Waals surface area contributed by atoms with Crippen LogP contribution in [0.25, 0.3) is 0 Å². The first-order valence-corrected chi connectivity index (χ1v) is 6.47. The summed E-state index contributed by atoms with van der Waals surface area (Å²) in [5.74, 6) is 1.07. The molecule has 0 N–H and O–H groups in total. The van der Waals surface area contributed by atoms with Crippen molar-refractivity contribution in [2.45, 2.75) is 26.7 Å². The summed E-state index contributed by atoms with van der Waals surface area (Å²) in [4.78, 5) is 14.4. The number of nitrogens with zero attached hydrogens (tertiary/aromatic N) is 1. The maximum absolute atomic E-state index is 12.0. The Balaban J connectivity index is 1.85. The second-order valence-corrected chi connectivity index (χ2v) is 5.24. The second-order valence-electron chi connectivity index (χ2n) is 5.24. The van der Waals surface area contributed by atoms with Crippen molar-refractivity contribution in [1.29, 1.82) is 0 Å². The summed E-state index contributed by atoms with van der Waals surface area (Å²) in [5.41, 5.74) is 2.02. The Morgan fingerprint density at radius 1 is 1.47 bits per heavy atom. The SMILES string of the molecule is Cc1cccc(C(=O)CCN2CCC(C)C2)c1. The fourth-order valence-corrected chi connectivity index (χ4v) is 2.45. The average molecular weight is 231 g/mol. The van der Waals surface area contributed by atoms with E-state index in [4.69, 9.17) is 0 Å². The van der Waals surface area contributed by atoms with E-state index in [-0.39, 0.29) is 5.78 Å². The average Bonchev–Trinajstić information content (AvgIpc) is 2.72. The molecule has 0 spiro atoms. The molecule has 1 atom stereocenters. The number of rotatable bonds is 4. The molecule has 1 unspecified atom stereocenters. The normalized spacial score (nSPS) is 20.7. The molecule has 1 saturated heterocycles. The Labute approximate surface area is 104 Å². The van der Waals surface area contributed by atoms with Crippen LogP contribution in [-0.2, 0) is 0 Å². The van der Waals surface area contributed by atoms with Crippen LogP contribution in [0.4, 0.5) is 0 Å². The van der Waals surface area contributed by atoms with Gasteiger partial charge in [0.25, 0.3) is 0 Å². The van der Waals surface area contributed by atoms with Crippen molar-refractivity contribution in [3.05, 3.63) is 35.4 Å². The third kappa shape index (κ3) is 3.40. The Morgan fingerprint density at radius 2 is 2.29 bits per heavy atom. The first kappa shape index (κ1) is 12.3. The van der Waals surface area contributed by atoms with Gasteiger partial charge in [-0.05, 0) is 31.9 Å². The molecule has 1 fully saturated rings. The van der Waals surface area contributed by atoms with Gasteiger partial charge in [0.05, 0.1) is 0 Å². The lowest BCUT2D eigenvalue weighted by molar-refractivity contribution is 0.0968. The van der Waals surface area contributed by atoms with Gasteiger partial charge in [-0.3, -0.25) is 4.79 Å². The van der Waals surface area contributed by atoms with Crippen LogP contribution in [-0.4, -0.2) is 30.3 Å². The monoisotopic (exact) mass is 231 g/mol. The highest BCUT2D eigenvalue weighted by Crippen LogP contribution is 2.15. The maximum atomic E-state index is 12.0. The predicted molar refractivity (Wildman–Crippen MR) is 70.3 cm³/mol. The maximum Gasteiger partial charge on any atom is 0.164 e. The molecule has 1 aliphatic rings. The lowest BCUT2D eigenvalue weighted by Crippen LogP contribution is -2.23. The summed E-state index contributed by atoms with van der Waals surface area (Å²) in [6.07, 6.45) is 1.93. The smallest absolute Gasteiger partial charge is 0.164 e. The molecule has 1 aromatic carbocycles. The van der Waals surface area contributed by atoms with Gasteiger partial charge in [0.15, 0.2) is 5.78 Å². The van der Waals surface area contributed by atoms with Crippen molar-refractivity contribution in [1.82, 2.24) is 4.90 Å². The summed E-state index contributed by atoms with van der Waals surface area (Å²) in [7, 11) is 0. The number of benzene rings is 1. The van der Waals surface area contributed by atoms with E-state index in [0.29, 0.717) is 6.42 Å². The first-order chi connectivity index (χ1) is 8.15. The molecule has 2 rings (SSSR count). The summed E-state index contributed by atoms with van der Waals surface area (Å²) in [5, 5.41) is 0. The van der Waals surface area contributed by atoms with E-state index < -0.39 is 0 Å². The molecule has 1 heterocycles. The molecule has 17 heavy (non-hydrogen) atoms. The van der Waals surface area contributed by atoms with Gasteiger partial charge < -0.3 is 4.90 Å². The van der Waals surface area contributed by atoms with Crippen molar-refractivity contribution < 1.29 is 4.79 Å². The number of hydrogen-bond donors (Lipinski definition) is 0. The standard InChI is InChI=1S/C15H21NO/c1-12-4-3-5-14(10-12)15(17)7-9-16-8-6-13(2)11-16/h3-5,10,13H,6-9,11H2,1-2H3. The van der Waals surface area contributed by atoms with Gasteiger partial charge in [0.2, 0.25) is 0 Å². The molecule has 2 nitrogen and oxygen atoms in total. The zero-order valence-electron chi connectivity index (χ0n) is 10.8. The zero-order valence-corrected chi connectivity index (χ0v) is 10.8. The second kappa shape index (κ2) is 5.46. The number of likely N-dealkylation sites (tertiary alicyclic amines) is 1. The Kier molecular flexibility index (Phi) is 3.95. The van der Waals surface area contributed by atoms with Crippen LogP contribution < -0.4 is 0 Å². The van der Waals surface area contributed by atoms with Gasteiger partial charge in [0, 0.05) is 25.1 Å². The van der Waals surface area contributed by atoms with Crippen LogP contribution in [0.15, 0.2) is 24.3 Å². The molecule has 0 amide bonds. The lowest BCUT2D eigenvalue weighted by Gasteiger charge is -2.14. The zero-order chi connectivity index (χ0) is 12.3. The summed E-state index contributed by atoms with van der Waals surface area (Å²) in [6.45, 7) is 7.53. The predicted octanol–water partition coefficient (Wildman–Crippen LogP) is 2.91. The third-order valence-corrected chi connectivity index (χ3v) is 3.50. The number of Topliss-reactive ketones (excluding diaryl/α,β-unsaturated/α-hetero) is 1. The van der Waals surface area contributed by atoms with Crippen molar-refractivity contribution >= 4 is 5.78 Å². The van der Waals surface area contributed by atoms with E-state index in [1.807, 2.05) is 31.2 Å². The fourth-order valence-electron chi connectivity index (χ4n) is 2.45. The molecule has 0 bridgehead atoms. The summed E-state index contributed by atoms with van der Waals surface area (Å²) in [6, 6.07) is 7.89. The molecule has 0 aromatic heterocycles. The highest BCUT2D eigenvalue weighted by Gasteiger charge is 2.19. The Morgan fingerprint density at radius 3 is 2.94 bits per heavy atom. The van der Waals surface area contributed by atoms with Gasteiger partial charge >= 0.3 is 0 Å². The van der Waals surface area contributed by atoms with E-state index >= 15 is 0 Å². The highest BCUT2D eigenvalue weighted by atomic mass is 16.1. The molecule has 0 aliphatic carbocycles. The largest absolute Gasteiger partial charge is 0.303 e. The molecular weight excluding hydrogens is 210 g/mol. The van der Waals surface area contributed by atoms with Crippen LogP contribution in [0.5, 0.6) is 0 Å². The number of carbonyl (C=O) groups is 1. The topological polar surface area (TPSA) is 20.3 Å². The number of ketones is 1. The summed E-state index contributed by atoms with van der Waals surface area (Å²) >= 11 is 0. The minimum Gasteiger partial charge on any atom is -0.303 e. The first-order valence-electron chi connectivity index (χ1n) is 6.47. The molecule has 0 saturated carbocycles. The van der Waals surface area contributed by atoms with Crippen LogP contribution in [0.1, 0.15) is 35.7 Å². The third-order valence-electron chi connectivity index (χ3n) is 3.50. The fraction of sp³-hybridized carbons (Fsp3) is 0.533. The minimum atomic E-state index is 0.272. The highest BCUT2D eigenvalue weighted by molar-refractivity contribution is 5.96. The summed E-state index contributed by atoms with van der Waals surface area (Å²) < 4.78 is 0. The van der Waals surface area contributed by atoms with Crippen LogP contribution in [0.2, 0.25) is 0 Å². The van der Waals surface area contributed by atoms with E-state index in [9.17, 15) is 4.79 Å². The Hall–Kier alpha value is -1.15. The molecular formula is C15H21NO. The molecule has 92 valence electrons. The molecule has 1 aromatic rings. The lowest BCUT2D eigenvalue weighted by atomic mass is 10.1. The van der Waals surface area contributed by atoms with E-state index in [0.717, 1.165) is 36.7 Å². The van der Waals surface area contributed by atoms with Crippen molar-refractivity contribution in [2.75, 3.05) is 19.6 Å². The van der Waals surface area contributed by atoms with Crippen molar-refractivity contribution in [2.24, 2.45) is 5.92 Å². The quantitative estimate of drug-likeness (QED) is 0.743. The van der Waals surface area contributed by atoms with Gasteiger partial charge in [-0.15, -0.1) is 0 Å². The van der Waals surface area contributed by atoms with Crippen LogP contribution >= 0.6 is 0 Å². The molecule has 1 aliphatic heterocycles. The van der Waals surface area contributed by atoms with Crippen LogP contribution in [0.3, 0.4) is 0 Å². The van der Waals surface area contributed by atoms with Crippen LogP contribution in [0, 0.1) is 12.8 Å². The Bertz CT molecular complexity index is 400. The number of aryl methyl sites for hydroxylation is 1. The minimum absolute atomic E-state index is 0.272. The van der Waals surface area contributed by atoms with E-state index in [1.54, 1.807) is 0 Å². The van der Waals surface area contributed by atoms with Gasteiger partial charge in [-0.1, -0.05) is 30.7 Å². The number of hydrogen-bond acceptors (Lipinski definition) is 2. The van der Waals surface area contributed by atoms with Gasteiger partial charge in [-0.2, -0.15) is 0 Å². The number of carbonyl (C=O) groups excluding carboxylic acids is 1. The van der Waals surface area contributed by atoms with E-state index in [1.165, 1.54) is 6.42 Å². The van der Waals surface area contributed by atoms with Crippen molar-refractivity contribution in [3.8, 4) is 0 Å². The van der Waals surface area contributed by atoms with Gasteiger partial charge in [-0.25, -0.2) is 0 Å². The van der Waals surface area contributed by atoms with Crippen molar-refractivity contribution in [3.63, 3.8) is 0 Å². The van der Waals surface area contributed by atoms with E-state index in [2.05, 4.69) is 11.8 Å².